The third-order valence-electron chi connectivity index (χ3n) is 7.13. The summed E-state index contributed by atoms with van der Waals surface area (Å²) in [5.74, 6) is 1.85. The van der Waals surface area contributed by atoms with E-state index in [9.17, 15) is 9.59 Å². The molecule has 0 saturated carbocycles. The number of H-pyrrole nitrogens is 1. The summed E-state index contributed by atoms with van der Waals surface area (Å²) in [6.45, 7) is 5.98. The number of carbonyl (C=O) groups is 1. The van der Waals surface area contributed by atoms with Crippen LogP contribution < -0.4 is 24.8 Å². The summed E-state index contributed by atoms with van der Waals surface area (Å²) >= 11 is 12.1. The van der Waals surface area contributed by atoms with Gasteiger partial charge in [0.25, 0.3) is 11.5 Å². The second kappa shape index (κ2) is 12.8. The number of anilines is 2. The van der Waals surface area contributed by atoms with Crippen LogP contribution in [0.3, 0.4) is 0 Å². The number of rotatable bonds is 8. The number of carbonyl (C=O) groups excluding carboxylic acids is 1. The van der Waals surface area contributed by atoms with Crippen LogP contribution in [0.5, 0.6) is 11.5 Å². The van der Waals surface area contributed by atoms with Gasteiger partial charge in [0.15, 0.2) is 6.61 Å². The van der Waals surface area contributed by atoms with Gasteiger partial charge < -0.3 is 24.2 Å². The molecule has 1 aromatic heterocycles. The fraction of sp³-hybridized carbons (Fsp3) is 0.393. The third kappa shape index (κ3) is 6.99. The normalized spacial score (nSPS) is 16.2. The summed E-state index contributed by atoms with van der Waals surface area (Å²) < 4.78 is 11.1. The topological polar surface area (TPSA) is 94.2 Å². The number of piperazine rings is 2. The van der Waals surface area contributed by atoms with Crippen molar-refractivity contribution >= 4 is 40.7 Å². The van der Waals surface area contributed by atoms with Crippen molar-refractivity contribution in [3.63, 3.8) is 0 Å². The van der Waals surface area contributed by atoms with E-state index in [4.69, 9.17) is 37.7 Å². The molecule has 0 aliphatic carbocycles. The maximum Gasteiger partial charge on any atom is 0.260 e. The van der Waals surface area contributed by atoms with E-state index in [0.29, 0.717) is 54.5 Å². The zero-order valence-electron chi connectivity index (χ0n) is 22.3. The van der Waals surface area contributed by atoms with E-state index in [2.05, 4.69) is 14.8 Å². The van der Waals surface area contributed by atoms with Gasteiger partial charge in [-0.15, -0.1) is 0 Å². The highest BCUT2D eigenvalue weighted by Crippen LogP contribution is 2.32. The molecule has 40 heavy (non-hydrogen) atoms. The predicted octanol–water partition coefficient (Wildman–Crippen LogP) is 3.14. The molecule has 5 rings (SSSR count). The summed E-state index contributed by atoms with van der Waals surface area (Å²) in [5, 5.41) is 1.29. The fourth-order valence-electron chi connectivity index (χ4n) is 4.95. The van der Waals surface area contributed by atoms with E-state index in [1.807, 2.05) is 23.1 Å². The molecular weight excluding hydrogens is 555 g/mol. The van der Waals surface area contributed by atoms with Gasteiger partial charge in [-0.05, 0) is 42.5 Å². The molecule has 0 radical (unpaired) electrons. The Hall–Kier alpha value is -3.47. The summed E-state index contributed by atoms with van der Waals surface area (Å²) in [7, 11) is 1.66. The lowest BCUT2D eigenvalue weighted by Crippen LogP contribution is -2.50. The number of amides is 1. The molecule has 0 atom stereocenters. The lowest BCUT2D eigenvalue weighted by atomic mass is 10.2. The number of nitrogens with one attached hydrogen (secondary N) is 1. The van der Waals surface area contributed by atoms with Gasteiger partial charge in [0, 0.05) is 75.0 Å². The molecule has 12 heteroatoms. The molecule has 2 aromatic carbocycles. The number of benzene rings is 2. The quantitative estimate of drug-likeness (QED) is 0.430. The van der Waals surface area contributed by atoms with E-state index >= 15 is 0 Å². The van der Waals surface area contributed by atoms with Crippen molar-refractivity contribution in [2.24, 2.45) is 0 Å². The number of halogens is 2. The zero-order valence-corrected chi connectivity index (χ0v) is 23.8. The van der Waals surface area contributed by atoms with E-state index in [1.54, 1.807) is 42.3 Å². The van der Waals surface area contributed by atoms with Crippen molar-refractivity contribution < 1.29 is 14.3 Å². The Morgan fingerprint density at radius 1 is 0.900 bits per heavy atom. The van der Waals surface area contributed by atoms with Crippen LogP contribution in [-0.2, 0) is 11.3 Å². The molecule has 2 saturated heterocycles. The van der Waals surface area contributed by atoms with Crippen LogP contribution in [0, 0.1) is 0 Å². The molecular formula is C28H32Cl2N6O4. The van der Waals surface area contributed by atoms with Crippen LogP contribution in [-0.4, -0.2) is 91.7 Å². The van der Waals surface area contributed by atoms with E-state index in [1.165, 1.54) is 0 Å². The number of aromatic amines is 1. The summed E-state index contributed by atoms with van der Waals surface area (Å²) in [6, 6.07) is 14.1. The first-order chi connectivity index (χ1) is 19.4. The molecule has 0 spiro atoms. The van der Waals surface area contributed by atoms with Gasteiger partial charge in [0.05, 0.1) is 18.5 Å². The molecule has 2 aliphatic heterocycles. The Morgan fingerprint density at radius 3 is 2.27 bits per heavy atom. The highest BCUT2D eigenvalue weighted by molar-refractivity contribution is 6.31. The summed E-state index contributed by atoms with van der Waals surface area (Å²) in [6.07, 6.45) is 0. The van der Waals surface area contributed by atoms with Gasteiger partial charge in [-0.2, -0.15) is 0 Å². The van der Waals surface area contributed by atoms with Crippen molar-refractivity contribution in [1.29, 1.82) is 0 Å². The zero-order chi connectivity index (χ0) is 28.1. The van der Waals surface area contributed by atoms with Crippen molar-refractivity contribution in [2.75, 3.05) is 75.9 Å². The van der Waals surface area contributed by atoms with Gasteiger partial charge >= 0.3 is 0 Å². The standard InChI is InChI=1S/C28H32Cl2N6O4/c1-39-25-7-4-21(30)16-24(25)34-10-8-33(9-11-34)18-22-17-26(37)32-28(31-22)36-14-12-35(13-15-36)27(38)19-40-23-5-2-20(29)3-6-23/h2-7,16-17H,8-15,18-19H2,1H3,(H,31,32,37). The molecule has 2 aliphatic rings. The Bertz CT molecular complexity index is 1370. The van der Waals surface area contributed by atoms with Crippen molar-refractivity contribution in [3.8, 4) is 11.5 Å². The van der Waals surface area contributed by atoms with Crippen LogP contribution in [0.1, 0.15) is 5.69 Å². The Morgan fingerprint density at radius 2 is 1.57 bits per heavy atom. The Labute approximate surface area is 243 Å². The minimum absolute atomic E-state index is 0.0381. The minimum Gasteiger partial charge on any atom is -0.495 e. The van der Waals surface area contributed by atoms with Gasteiger partial charge in [-0.3, -0.25) is 19.5 Å². The second-order valence-corrected chi connectivity index (χ2v) is 10.6. The number of nitrogens with zero attached hydrogens (tertiary/aromatic N) is 5. The first-order valence-corrected chi connectivity index (χ1v) is 14.0. The lowest BCUT2D eigenvalue weighted by molar-refractivity contribution is -0.133. The van der Waals surface area contributed by atoms with Gasteiger partial charge in [0.1, 0.15) is 11.5 Å². The molecule has 212 valence electrons. The number of hydrogen-bond donors (Lipinski definition) is 1. The van der Waals surface area contributed by atoms with Crippen LogP contribution in [0.15, 0.2) is 53.3 Å². The fourth-order valence-corrected chi connectivity index (χ4v) is 5.24. The second-order valence-electron chi connectivity index (χ2n) is 9.75. The largest absolute Gasteiger partial charge is 0.495 e. The summed E-state index contributed by atoms with van der Waals surface area (Å²) in [4.78, 5) is 41.1. The van der Waals surface area contributed by atoms with E-state index in [0.717, 1.165) is 43.3 Å². The van der Waals surface area contributed by atoms with Gasteiger partial charge in [0.2, 0.25) is 5.95 Å². The number of ether oxygens (including phenoxy) is 2. The van der Waals surface area contributed by atoms with Crippen molar-refractivity contribution in [1.82, 2.24) is 19.8 Å². The van der Waals surface area contributed by atoms with E-state index < -0.39 is 0 Å². The highest BCUT2D eigenvalue weighted by Gasteiger charge is 2.24. The number of methoxy groups -OCH3 is 1. The number of aromatic nitrogens is 2. The minimum atomic E-state index is -0.183. The van der Waals surface area contributed by atoms with Crippen molar-refractivity contribution in [2.45, 2.75) is 6.54 Å². The molecule has 3 heterocycles. The molecule has 0 bridgehead atoms. The number of hydrogen-bond acceptors (Lipinski definition) is 8. The maximum atomic E-state index is 12.6. The Balaban J connectivity index is 1.13. The molecule has 1 amide bonds. The molecule has 2 fully saturated rings. The predicted molar refractivity (Wildman–Crippen MR) is 156 cm³/mol. The summed E-state index contributed by atoms with van der Waals surface area (Å²) in [5.41, 5.74) is 1.53. The molecule has 1 N–H and O–H groups in total. The molecule has 10 nitrogen and oxygen atoms in total. The smallest absolute Gasteiger partial charge is 0.260 e. The van der Waals surface area contributed by atoms with E-state index in [-0.39, 0.29) is 18.1 Å². The monoisotopic (exact) mass is 586 g/mol. The Kier molecular flexibility index (Phi) is 8.98. The van der Waals surface area contributed by atoms with Gasteiger partial charge in [-0.1, -0.05) is 23.2 Å². The highest BCUT2D eigenvalue weighted by atomic mass is 35.5. The molecule has 3 aromatic rings. The third-order valence-corrected chi connectivity index (χ3v) is 7.62. The SMILES string of the molecule is COc1ccc(Cl)cc1N1CCN(Cc2cc(=O)[nH]c(N3CCN(C(=O)COc4ccc(Cl)cc4)CC3)n2)CC1. The average molecular weight is 588 g/mol. The van der Waals surface area contributed by atoms with Crippen LogP contribution >= 0.6 is 23.2 Å². The lowest BCUT2D eigenvalue weighted by Gasteiger charge is -2.37. The van der Waals surface area contributed by atoms with Gasteiger partial charge in [-0.25, -0.2) is 4.98 Å². The molecule has 0 unspecified atom stereocenters. The van der Waals surface area contributed by atoms with Crippen LogP contribution in [0.25, 0.3) is 0 Å². The van der Waals surface area contributed by atoms with Crippen LogP contribution in [0.2, 0.25) is 10.0 Å². The van der Waals surface area contributed by atoms with Crippen molar-refractivity contribution in [3.05, 3.63) is 74.6 Å². The first-order valence-electron chi connectivity index (χ1n) is 13.2. The first kappa shape index (κ1) is 28.1. The maximum absolute atomic E-state index is 12.6. The average Bonchev–Trinajstić information content (AvgIpc) is 2.97. The van der Waals surface area contributed by atoms with Crippen LogP contribution in [0.4, 0.5) is 11.6 Å².